The van der Waals surface area contributed by atoms with Crippen molar-refractivity contribution in [1.29, 1.82) is 0 Å². The fourth-order valence-electron chi connectivity index (χ4n) is 1.81. The predicted octanol–water partition coefficient (Wildman–Crippen LogP) is 3.69. The molecule has 2 nitrogen and oxygen atoms in total. The topological polar surface area (TPSA) is 20.3 Å². The van der Waals surface area contributed by atoms with Gasteiger partial charge in [0, 0.05) is 18.8 Å². The second-order valence-electron chi connectivity index (χ2n) is 3.78. The molecule has 0 amide bonds. The largest absolute Gasteiger partial charge is 0.371 e. The monoisotopic (exact) mass is 239 g/mol. The van der Waals surface area contributed by atoms with Gasteiger partial charge in [0.05, 0.1) is 5.56 Å². The van der Waals surface area contributed by atoms with Gasteiger partial charge in [-0.3, -0.25) is 4.79 Å². The summed E-state index contributed by atoms with van der Waals surface area (Å²) in [5, 5.41) is -0.382. The van der Waals surface area contributed by atoms with Crippen LogP contribution in [0.15, 0.2) is 24.3 Å². The number of carbonyl (C=O) groups is 1. The van der Waals surface area contributed by atoms with Crippen LogP contribution in [0.4, 0.5) is 5.69 Å². The molecular weight excluding hydrogens is 222 g/mol. The van der Waals surface area contributed by atoms with Crippen molar-refractivity contribution in [3.63, 3.8) is 0 Å². The van der Waals surface area contributed by atoms with E-state index in [1.807, 2.05) is 18.2 Å². The Morgan fingerprint density at radius 1 is 1.19 bits per heavy atom. The number of nitrogens with zero attached hydrogens (tertiary/aromatic N) is 1. The highest BCUT2D eigenvalue weighted by molar-refractivity contribution is 6.68. The third kappa shape index (κ3) is 3.24. The van der Waals surface area contributed by atoms with Crippen LogP contribution in [0, 0.1) is 0 Å². The summed E-state index contributed by atoms with van der Waals surface area (Å²) in [6.45, 7) is 6.17. The molecule has 88 valence electrons. The molecule has 0 saturated carbocycles. The molecule has 0 atom stereocenters. The molecule has 0 bridgehead atoms. The number of anilines is 1. The summed E-state index contributed by atoms with van der Waals surface area (Å²) in [4.78, 5) is 13.5. The van der Waals surface area contributed by atoms with E-state index < -0.39 is 0 Å². The highest BCUT2D eigenvalue weighted by Crippen LogP contribution is 2.22. The predicted molar refractivity (Wildman–Crippen MR) is 69.4 cm³/mol. The molecule has 0 aliphatic carbocycles. The Morgan fingerprint density at radius 3 is 2.25 bits per heavy atom. The SMILES string of the molecule is CCCN(CCC)c1ccccc1C(=O)Cl. The first kappa shape index (κ1) is 13.0. The van der Waals surface area contributed by atoms with E-state index in [2.05, 4.69) is 18.7 Å². The Hall–Kier alpha value is -1.02. The van der Waals surface area contributed by atoms with Gasteiger partial charge >= 0.3 is 0 Å². The summed E-state index contributed by atoms with van der Waals surface area (Å²) in [6, 6.07) is 7.52. The van der Waals surface area contributed by atoms with E-state index in [9.17, 15) is 4.79 Å². The lowest BCUT2D eigenvalue weighted by Gasteiger charge is -2.25. The number of benzene rings is 1. The first-order valence-corrected chi connectivity index (χ1v) is 6.12. The smallest absolute Gasteiger partial charge is 0.254 e. The molecule has 16 heavy (non-hydrogen) atoms. The summed E-state index contributed by atoms with van der Waals surface area (Å²) >= 11 is 5.59. The molecule has 0 aliphatic rings. The molecular formula is C13H18ClNO. The second kappa shape index (κ2) is 6.54. The van der Waals surface area contributed by atoms with Gasteiger partial charge < -0.3 is 4.90 Å². The Morgan fingerprint density at radius 2 is 1.75 bits per heavy atom. The van der Waals surface area contributed by atoms with Gasteiger partial charge in [-0.2, -0.15) is 0 Å². The molecule has 1 rings (SSSR count). The minimum atomic E-state index is -0.382. The molecule has 0 saturated heterocycles. The Kier molecular flexibility index (Phi) is 5.33. The zero-order valence-corrected chi connectivity index (χ0v) is 10.6. The summed E-state index contributed by atoms with van der Waals surface area (Å²) in [7, 11) is 0. The van der Waals surface area contributed by atoms with Gasteiger partial charge in [0.1, 0.15) is 0 Å². The van der Waals surface area contributed by atoms with Gasteiger partial charge in [0.15, 0.2) is 0 Å². The van der Waals surface area contributed by atoms with E-state index in [1.54, 1.807) is 6.07 Å². The average molecular weight is 240 g/mol. The number of halogens is 1. The van der Waals surface area contributed by atoms with Crippen LogP contribution in [0.3, 0.4) is 0 Å². The zero-order valence-electron chi connectivity index (χ0n) is 9.87. The van der Waals surface area contributed by atoms with E-state index >= 15 is 0 Å². The van der Waals surface area contributed by atoms with Crippen molar-refractivity contribution in [1.82, 2.24) is 0 Å². The van der Waals surface area contributed by atoms with E-state index in [0.717, 1.165) is 31.6 Å². The number of carbonyl (C=O) groups excluding carboxylic acids is 1. The van der Waals surface area contributed by atoms with Crippen molar-refractivity contribution in [2.24, 2.45) is 0 Å². The number of hydrogen-bond acceptors (Lipinski definition) is 2. The fourth-order valence-corrected chi connectivity index (χ4v) is 1.97. The minimum Gasteiger partial charge on any atom is -0.371 e. The minimum absolute atomic E-state index is 0.382. The van der Waals surface area contributed by atoms with Gasteiger partial charge in [-0.05, 0) is 36.6 Å². The van der Waals surface area contributed by atoms with Crippen LogP contribution in [0.2, 0.25) is 0 Å². The average Bonchev–Trinajstić information content (AvgIpc) is 2.29. The molecule has 0 radical (unpaired) electrons. The molecule has 0 aliphatic heterocycles. The van der Waals surface area contributed by atoms with Gasteiger partial charge in [-0.15, -0.1) is 0 Å². The third-order valence-corrected chi connectivity index (χ3v) is 2.65. The zero-order chi connectivity index (χ0) is 12.0. The molecule has 1 aromatic carbocycles. The van der Waals surface area contributed by atoms with Crippen LogP contribution >= 0.6 is 11.6 Å². The lowest BCUT2D eigenvalue weighted by Crippen LogP contribution is -2.26. The molecule has 0 heterocycles. The Balaban J connectivity index is 3.02. The summed E-state index contributed by atoms with van der Waals surface area (Å²) in [6.07, 6.45) is 2.12. The molecule has 0 spiro atoms. The van der Waals surface area contributed by atoms with Crippen molar-refractivity contribution in [2.75, 3.05) is 18.0 Å². The normalized spacial score (nSPS) is 10.2. The number of para-hydroxylation sites is 1. The standard InChI is InChI=1S/C13H18ClNO/c1-3-9-15(10-4-2)12-8-6-5-7-11(12)13(14)16/h5-8H,3-4,9-10H2,1-2H3. The van der Waals surface area contributed by atoms with Crippen LogP contribution in [0.5, 0.6) is 0 Å². The molecule has 0 fully saturated rings. The van der Waals surface area contributed by atoms with Crippen LogP contribution in [0.1, 0.15) is 37.0 Å². The van der Waals surface area contributed by atoms with E-state index in [-0.39, 0.29) is 5.24 Å². The lowest BCUT2D eigenvalue weighted by atomic mass is 10.1. The first-order chi connectivity index (χ1) is 7.70. The summed E-state index contributed by atoms with van der Waals surface area (Å²) < 4.78 is 0. The number of rotatable bonds is 6. The molecule has 0 unspecified atom stereocenters. The van der Waals surface area contributed by atoms with Crippen molar-refractivity contribution in [3.05, 3.63) is 29.8 Å². The van der Waals surface area contributed by atoms with Crippen LogP contribution in [-0.4, -0.2) is 18.3 Å². The first-order valence-electron chi connectivity index (χ1n) is 5.74. The van der Waals surface area contributed by atoms with E-state index in [1.165, 1.54) is 0 Å². The molecule has 3 heteroatoms. The highest BCUT2D eigenvalue weighted by Gasteiger charge is 2.13. The van der Waals surface area contributed by atoms with Gasteiger partial charge in [0.2, 0.25) is 0 Å². The van der Waals surface area contributed by atoms with Crippen molar-refractivity contribution >= 4 is 22.5 Å². The van der Waals surface area contributed by atoms with Crippen LogP contribution in [0.25, 0.3) is 0 Å². The molecule has 1 aromatic rings. The van der Waals surface area contributed by atoms with Crippen LogP contribution in [-0.2, 0) is 0 Å². The molecule has 0 N–H and O–H groups in total. The van der Waals surface area contributed by atoms with Crippen molar-refractivity contribution in [3.8, 4) is 0 Å². The molecule has 0 aromatic heterocycles. The second-order valence-corrected chi connectivity index (χ2v) is 4.12. The highest BCUT2D eigenvalue weighted by atomic mass is 35.5. The van der Waals surface area contributed by atoms with E-state index in [0.29, 0.717) is 5.56 Å². The Bertz CT molecular complexity index is 346. The van der Waals surface area contributed by atoms with Gasteiger partial charge in [-0.25, -0.2) is 0 Å². The maximum atomic E-state index is 11.3. The maximum Gasteiger partial charge on any atom is 0.254 e. The van der Waals surface area contributed by atoms with Crippen LogP contribution < -0.4 is 4.90 Å². The maximum absolute atomic E-state index is 11.3. The van der Waals surface area contributed by atoms with Gasteiger partial charge in [0.25, 0.3) is 5.24 Å². The fraction of sp³-hybridized carbons (Fsp3) is 0.462. The van der Waals surface area contributed by atoms with E-state index in [4.69, 9.17) is 11.6 Å². The quantitative estimate of drug-likeness (QED) is 0.706. The third-order valence-electron chi connectivity index (χ3n) is 2.44. The lowest BCUT2D eigenvalue weighted by molar-refractivity contribution is 0.108. The van der Waals surface area contributed by atoms with Gasteiger partial charge in [-0.1, -0.05) is 26.0 Å². The summed E-state index contributed by atoms with van der Waals surface area (Å²) in [5.74, 6) is 0. The summed E-state index contributed by atoms with van der Waals surface area (Å²) in [5.41, 5.74) is 1.55. The van der Waals surface area contributed by atoms with Crippen molar-refractivity contribution < 1.29 is 4.79 Å². The Labute approximate surface area is 102 Å². The van der Waals surface area contributed by atoms with Crippen molar-refractivity contribution in [2.45, 2.75) is 26.7 Å². The number of hydrogen-bond donors (Lipinski definition) is 0.